The Morgan fingerprint density at radius 3 is 2.36 bits per heavy atom. The maximum Gasteiger partial charge on any atom is 0.243 e. The number of aromatic nitrogens is 1. The van der Waals surface area contributed by atoms with Gasteiger partial charge >= 0.3 is 0 Å². The number of benzene rings is 2. The van der Waals surface area contributed by atoms with E-state index < -0.39 is 21.6 Å². The number of carbonyl (C=O) groups is 2. The van der Waals surface area contributed by atoms with Crippen LogP contribution < -0.4 is 15.2 Å². The van der Waals surface area contributed by atoms with Gasteiger partial charge in [-0.2, -0.15) is 4.72 Å². The van der Waals surface area contributed by atoms with E-state index in [1.807, 2.05) is 32.0 Å². The van der Waals surface area contributed by atoms with Crippen LogP contribution in [0.1, 0.15) is 55.3 Å². The number of quaternary nitrogens is 1. The molecule has 0 radical (unpaired) electrons. The number of halogens is 2. The highest BCUT2D eigenvalue weighted by molar-refractivity contribution is 7.89. The number of rotatable bonds is 12. The molecule has 0 unspecified atom stereocenters. The molecular formula is C36H49Cl2N6O5S+. The molecule has 5 rings (SSSR count). The Hall–Kier alpha value is -3.00. The summed E-state index contributed by atoms with van der Waals surface area (Å²) in [7, 11) is 2.03. The summed E-state index contributed by atoms with van der Waals surface area (Å²) in [4.78, 5) is 35.0. The third kappa shape index (κ3) is 8.54. The third-order valence-electron chi connectivity index (χ3n) is 9.69. The van der Waals surface area contributed by atoms with Gasteiger partial charge in [0.1, 0.15) is 28.3 Å². The van der Waals surface area contributed by atoms with E-state index in [1.165, 1.54) is 12.1 Å². The molecule has 1 saturated heterocycles. The molecule has 1 aliphatic heterocycles. The van der Waals surface area contributed by atoms with Crippen LogP contribution in [0.3, 0.4) is 0 Å². The second-order valence-corrected chi connectivity index (χ2v) is 17.1. The Morgan fingerprint density at radius 2 is 1.70 bits per heavy atom. The molecule has 1 aromatic heterocycles. The number of nitrogens with one attached hydrogen (secondary N) is 1. The number of pyridine rings is 1. The summed E-state index contributed by atoms with van der Waals surface area (Å²) in [6.07, 6.45) is 3.54. The van der Waals surface area contributed by atoms with E-state index in [-0.39, 0.29) is 33.4 Å². The summed E-state index contributed by atoms with van der Waals surface area (Å²) in [6, 6.07) is 9.87. The lowest BCUT2D eigenvalue weighted by molar-refractivity contribution is -0.870. The largest absolute Gasteiger partial charge is 0.487 e. The number of amides is 2. The molecule has 0 bridgehead atoms. The van der Waals surface area contributed by atoms with Gasteiger partial charge in [-0.05, 0) is 69.4 Å². The number of hydrogen-bond donors (Lipinski definition) is 2. The third-order valence-corrected chi connectivity index (χ3v) is 12.2. The molecule has 3 N–H and O–H groups in total. The average Bonchev–Trinajstić information content (AvgIpc) is 3.52. The zero-order chi connectivity index (χ0) is 36.4. The van der Waals surface area contributed by atoms with Gasteiger partial charge in [0, 0.05) is 47.8 Å². The number of nitrogens with zero attached hydrogens (tertiary/aromatic N) is 4. The van der Waals surface area contributed by atoms with Gasteiger partial charge in [0.25, 0.3) is 0 Å². The van der Waals surface area contributed by atoms with E-state index in [0.717, 1.165) is 34.1 Å². The fourth-order valence-corrected chi connectivity index (χ4v) is 9.27. The maximum absolute atomic E-state index is 14.1. The summed E-state index contributed by atoms with van der Waals surface area (Å²) < 4.78 is 37.8. The second-order valence-electron chi connectivity index (χ2n) is 14.6. The Balaban J connectivity index is 1.28. The lowest BCUT2D eigenvalue weighted by Crippen LogP contribution is -2.62. The summed E-state index contributed by atoms with van der Waals surface area (Å²) in [6.45, 7) is 6.01. The highest BCUT2D eigenvalue weighted by Crippen LogP contribution is 2.37. The van der Waals surface area contributed by atoms with Crippen molar-refractivity contribution in [3.8, 4) is 5.75 Å². The van der Waals surface area contributed by atoms with Gasteiger partial charge in [-0.1, -0.05) is 48.2 Å². The number of aryl methyl sites for hydroxylation is 2. The van der Waals surface area contributed by atoms with E-state index in [0.29, 0.717) is 75.1 Å². The minimum atomic E-state index is -4.28. The van der Waals surface area contributed by atoms with Gasteiger partial charge in [-0.15, -0.1) is 0 Å². The van der Waals surface area contributed by atoms with Crippen molar-refractivity contribution in [2.45, 2.75) is 75.5 Å². The monoisotopic (exact) mass is 747 g/mol. The van der Waals surface area contributed by atoms with Crippen LogP contribution in [-0.4, -0.2) is 105 Å². The fraction of sp³-hybridized carbons (Fsp3) is 0.528. The molecule has 2 heterocycles. The van der Waals surface area contributed by atoms with Crippen LogP contribution >= 0.6 is 23.2 Å². The van der Waals surface area contributed by atoms with Crippen molar-refractivity contribution in [3.63, 3.8) is 0 Å². The molecular weight excluding hydrogens is 699 g/mol. The van der Waals surface area contributed by atoms with Crippen LogP contribution in [0.4, 0.5) is 0 Å². The molecule has 2 fully saturated rings. The molecule has 11 nitrogen and oxygen atoms in total. The maximum atomic E-state index is 14.1. The molecule has 50 heavy (non-hydrogen) atoms. The van der Waals surface area contributed by atoms with Crippen LogP contribution in [0.5, 0.6) is 5.75 Å². The van der Waals surface area contributed by atoms with Crippen molar-refractivity contribution in [1.29, 1.82) is 0 Å². The standard InChI is InChI=1S/C36H49Cl2N6O5S/c1-24-22-25(2)40-33-26(24)10-8-12-30(33)49-23-27-28(37)13-14-31(32(27)38)50(47,48)41-36(15-6-7-16-36)35(46)43-19-17-42(18-20-43)34(45)29(39)11-9-21-44(3,4)5/h8,10,12-14,22,29,41H,6-7,9,11,15-21,23,39H2,1-5H3/q+1/t29-/m0/s1. The van der Waals surface area contributed by atoms with Gasteiger partial charge < -0.3 is 24.8 Å². The van der Waals surface area contributed by atoms with Crippen molar-refractivity contribution < 1.29 is 27.2 Å². The summed E-state index contributed by atoms with van der Waals surface area (Å²) in [5.41, 5.74) is 7.82. The fourth-order valence-electron chi connectivity index (χ4n) is 6.96. The quantitative estimate of drug-likeness (QED) is 0.254. The Morgan fingerprint density at radius 1 is 1.04 bits per heavy atom. The number of nitrogens with two attached hydrogens (primary N) is 1. The first-order valence-electron chi connectivity index (χ1n) is 17.2. The predicted octanol–water partition coefficient (Wildman–Crippen LogP) is 4.81. The summed E-state index contributed by atoms with van der Waals surface area (Å²) in [5.74, 6) is 0.112. The number of sulfonamides is 1. The van der Waals surface area contributed by atoms with Crippen molar-refractivity contribution >= 4 is 55.9 Å². The number of ether oxygens (including phenoxy) is 1. The van der Waals surface area contributed by atoms with Gasteiger partial charge in [0.15, 0.2) is 0 Å². The zero-order valence-corrected chi connectivity index (χ0v) is 31.9. The molecule has 1 atom stereocenters. The van der Waals surface area contributed by atoms with Gasteiger partial charge in [0.2, 0.25) is 21.8 Å². The topological polar surface area (TPSA) is 135 Å². The van der Waals surface area contributed by atoms with E-state index in [4.69, 9.17) is 33.7 Å². The van der Waals surface area contributed by atoms with Crippen molar-refractivity contribution in [2.24, 2.45) is 5.73 Å². The van der Waals surface area contributed by atoms with Crippen LogP contribution in [0.25, 0.3) is 10.9 Å². The van der Waals surface area contributed by atoms with Crippen LogP contribution in [-0.2, 0) is 26.2 Å². The van der Waals surface area contributed by atoms with E-state index in [1.54, 1.807) is 15.9 Å². The van der Waals surface area contributed by atoms with E-state index >= 15 is 0 Å². The zero-order valence-electron chi connectivity index (χ0n) is 29.6. The van der Waals surface area contributed by atoms with Gasteiger partial charge in [0.05, 0.1) is 38.8 Å². The molecule has 1 saturated carbocycles. The highest BCUT2D eigenvalue weighted by Gasteiger charge is 2.47. The van der Waals surface area contributed by atoms with E-state index in [2.05, 4.69) is 30.8 Å². The molecule has 3 aromatic rings. The number of carbonyl (C=O) groups excluding carboxylic acids is 2. The van der Waals surface area contributed by atoms with E-state index in [9.17, 15) is 18.0 Å². The van der Waals surface area contributed by atoms with Gasteiger partial charge in [-0.3, -0.25) is 9.59 Å². The molecule has 272 valence electrons. The highest BCUT2D eigenvalue weighted by atomic mass is 35.5. The molecule has 2 aromatic carbocycles. The van der Waals surface area contributed by atoms with Crippen LogP contribution in [0, 0.1) is 13.8 Å². The number of piperazine rings is 1. The minimum Gasteiger partial charge on any atom is -0.487 e. The SMILES string of the molecule is Cc1cc(C)c2cccc(OCc3c(Cl)ccc(S(=O)(=O)NC4(C(=O)N5CCN(C(=O)[C@@H](N)CCC[N+](C)(C)C)CC5)CCCC4)c3Cl)c2n1. The Bertz CT molecular complexity index is 1850. The molecule has 1 aliphatic carbocycles. The normalized spacial score (nSPS) is 17.3. The lowest BCUT2D eigenvalue weighted by Gasteiger charge is -2.40. The van der Waals surface area contributed by atoms with Gasteiger partial charge in [-0.25, -0.2) is 13.4 Å². The Labute approximate surface area is 305 Å². The first kappa shape index (κ1) is 38.2. The van der Waals surface area contributed by atoms with Crippen molar-refractivity contribution in [2.75, 3.05) is 53.9 Å². The molecule has 0 spiro atoms. The smallest absolute Gasteiger partial charge is 0.243 e. The Kier molecular flexibility index (Phi) is 11.7. The van der Waals surface area contributed by atoms with Crippen molar-refractivity contribution in [1.82, 2.24) is 19.5 Å². The van der Waals surface area contributed by atoms with Crippen LogP contribution in [0.2, 0.25) is 10.0 Å². The second kappa shape index (κ2) is 15.3. The first-order chi connectivity index (χ1) is 23.5. The predicted molar refractivity (Wildman–Crippen MR) is 197 cm³/mol. The lowest BCUT2D eigenvalue weighted by atomic mass is 9.96. The number of fused-ring (bicyclic) bond motifs is 1. The number of para-hydroxylation sites is 1. The molecule has 14 heteroatoms. The molecule has 2 aliphatic rings. The molecule has 2 amide bonds. The van der Waals surface area contributed by atoms with Crippen LogP contribution in [0.15, 0.2) is 41.3 Å². The first-order valence-corrected chi connectivity index (χ1v) is 19.4. The number of hydrogen-bond acceptors (Lipinski definition) is 7. The summed E-state index contributed by atoms with van der Waals surface area (Å²) >= 11 is 13.3. The van der Waals surface area contributed by atoms with Crippen molar-refractivity contribution in [3.05, 3.63) is 63.3 Å². The average molecular weight is 749 g/mol. The summed E-state index contributed by atoms with van der Waals surface area (Å²) in [5, 5.41) is 1.12. The minimum absolute atomic E-state index is 0.0731.